The second-order valence-electron chi connectivity index (χ2n) is 5.47. The summed E-state index contributed by atoms with van der Waals surface area (Å²) in [4.78, 5) is 4.87. The zero-order valence-electron chi connectivity index (χ0n) is 12.1. The molecule has 0 spiro atoms. The third-order valence-corrected chi connectivity index (χ3v) is 4.44. The van der Waals surface area contributed by atoms with E-state index in [0.717, 1.165) is 13.1 Å². The maximum absolute atomic E-state index is 6.14. The molecule has 3 nitrogen and oxygen atoms in total. The molecule has 1 unspecified atom stereocenters. The fourth-order valence-corrected chi connectivity index (χ4v) is 3.20. The number of rotatable bonds is 4. The summed E-state index contributed by atoms with van der Waals surface area (Å²) < 4.78 is 0. The van der Waals surface area contributed by atoms with Crippen molar-refractivity contribution in [1.82, 2.24) is 4.90 Å². The molecule has 1 aliphatic rings. The van der Waals surface area contributed by atoms with Gasteiger partial charge in [0.2, 0.25) is 0 Å². The molecule has 0 aliphatic carbocycles. The molecule has 0 radical (unpaired) electrons. The molecular weight excluding hydrogens is 258 g/mol. The van der Waals surface area contributed by atoms with Crippen LogP contribution in [-0.4, -0.2) is 37.6 Å². The average molecular weight is 282 g/mol. The zero-order chi connectivity index (χ0) is 14.0. The van der Waals surface area contributed by atoms with E-state index < -0.39 is 0 Å². The number of hydrogen-bond acceptors (Lipinski definition) is 3. The first-order valence-corrected chi connectivity index (χ1v) is 7.41. The quantitative estimate of drug-likeness (QED) is 0.861. The van der Waals surface area contributed by atoms with Crippen molar-refractivity contribution < 1.29 is 0 Å². The number of aryl methyl sites for hydroxylation is 1. The molecule has 1 fully saturated rings. The van der Waals surface area contributed by atoms with Crippen LogP contribution in [0.4, 0.5) is 11.4 Å². The maximum Gasteiger partial charge on any atom is 0.0656 e. The molecule has 0 amide bonds. The number of nitrogens with two attached hydrogens (primary N) is 1. The Morgan fingerprint density at radius 1 is 1.47 bits per heavy atom. The van der Waals surface area contributed by atoms with Crippen LogP contribution in [0.3, 0.4) is 0 Å². The highest BCUT2D eigenvalue weighted by Crippen LogP contribution is 2.29. The normalized spacial score (nSPS) is 19.9. The highest BCUT2D eigenvalue weighted by atomic mass is 35.5. The van der Waals surface area contributed by atoms with E-state index in [-0.39, 0.29) is 0 Å². The van der Waals surface area contributed by atoms with Gasteiger partial charge in [-0.3, -0.25) is 4.90 Å². The van der Waals surface area contributed by atoms with Crippen molar-refractivity contribution in [1.29, 1.82) is 0 Å². The van der Waals surface area contributed by atoms with E-state index in [0.29, 0.717) is 16.8 Å². The van der Waals surface area contributed by atoms with Crippen molar-refractivity contribution >= 4 is 23.0 Å². The Morgan fingerprint density at radius 3 is 2.89 bits per heavy atom. The van der Waals surface area contributed by atoms with E-state index in [1.54, 1.807) is 0 Å². The third kappa shape index (κ3) is 3.15. The molecule has 0 aromatic heterocycles. The molecule has 1 aromatic carbocycles. The Morgan fingerprint density at radius 2 is 2.21 bits per heavy atom. The summed E-state index contributed by atoms with van der Waals surface area (Å²) in [6, 6.07) is 4.60. The first-order chi connectivity index (χ1) is 9.02. The standard InChI is InChI=1S/C15H24ClN3/c1-4-19-7-5-6-12(19)10-18(3)15-9-13(16)14(17)8-11(15)2/h8-9,12H,4-7,10,17H2,1-3H3. The van der Waals surface area contributed by atoms with Gasteiger partial charge in [-0.25, -0.2) is 0 Å². The van der Waals surface area contributed by atoms with Crippen LogP contribution < -0.4 is 10.6 Å². The molecule has 1 atom stereocenters. The smallest absolute Gasteiger partial charge is 0.0656 e. The largest absolute Gasteiger partial charge is 0.398 e. The van der Waals surface area contributed by atoms with Crippen LogP contribution in [0, 0.1) is 6.92 Å². The summed E-state index contributed by atoms with van der Waals surface area (Å²) in [5.41, 5.74) is 8.87. The summed E-state index contributed by atoms with van der Waals surface area (Å²) in [7, 11) is 2.14. The Bertz CT molecular complexity index is 447. The number of hydrogen-bond donors (Lipinski definition) is 1. The van der Waals surface area contributed by atoms with Crippen LogP contribution in [0.1, 0.15) is 25.3 Å². The van der Waals surface area contributed by atoms with E-state index in [1.165, 1.54) is 30.6 Å². The predicted molar refractivity (Wildman–Crippen MR) is 84.1 cm³/mol. The van der Waals surface area contributed by atoms with Crippen molar-refractivity contribution in [3.8, 4) is 0 Å². The van der Waals surface area contributed by atoms with Crippen molar-refractivity contribution in [3.63, 3.8) is 0 Å². The van der Waals surface area contributed by atoms with E-state index in [2.05, 4.69) is 30.7 Å². The van der Waals surface area contributed by atoms with Gasteiger partial charge in [0.15, 0.2) is 0 Å². The fraction of sp³-hybridized carbons (Fsp3) is 0.600. The average Bonchev–Trinajstić information content (AvgIpc) is 2.80. The lowest BCUT2D eigenvalue weighted by atomic mass is 10.1. The van der Waals surface area contributed by atoms with Gasteiger partial charge in [0.05, 0.1) is 10.7 Å². The Balaban J connectivity index is 2.11. The lowest BCUT2D eigenvalue weighted by Gasteiger charge is -2.30. The molecule has 0 saturated carbocycles. The van der Waals surface area contributed by atoms with Gasteiger partial charge in [0, 0.05) is 25.3 Å². The van der Waals surface area contributed by atoms with E-state index >= 15 is 0 Å². The molecule has 2 rings (SSSR count). The number of likely N-dealkylation sites (N-methyl/N-ethyl adjacent to an activating group) is 2. The van der Waals surface area contributed by atoms with Crippen LogP contribution in [0.5, 0.6) is 0 Å². The Hall–Kier alpha value is -0.930. The van der Waals surface area contributed by atoms with Crippen LogP contribution in [0.15, 0.2) is 12.1 Å². The summed E-state index contributed by atoms with van der Waals surface area (Å²) in [5.74, 6) is 0. The molecule has 2 N–H and O–H groups in total. The second kappa shape index (κ2) is 6.02. The van der Waals surface area contributed by atoms with Gasteiger partial charge in [0.25, 0.3) is 0 Å². The zero-order valence-corrected chi connectivity index (χ0v) is 12.9. The van der Waals surface area contributed by atoms with Crippen LogP contribution in [-0.2, 0) is 0 Å². The summed E-state index contributed by atoms with van der Waals surface area (Å²) in [5, 5.41) is 0.645. The Labute approximate surface area is 121 Å². The monoisotopic (exact) mass is 281 g/mol. The second-order valence-corrected chi connectivity index (χ2v) is 5.87. The van der Waals surface area contributed by atoms with Gasteiger partial charge in [0.1, 0.15) is 0 Å². The maximum atomic E-state index is 6.14. The van der Waals surface area contributed by atoms with E-state index in [1.807, 2.05) is 12.1 Å². The molecule has 0 bridgehead atoms. The SMILES string of the molecule is CCN1CCCC1CN(C)c1cc(Cl)c(N)cc1C. The molecule has 4 heteroatoms. The van der Waals surface area contributed by atoms with Gasteiger partial charge >= 0.3 is 0 Å². The number of halogens is 1. The van der Waals surface area contributed by atoms with Gasteiger partial charge < -0.3 is 10.6 Å². The van der Waals surface area contributed by atoms with Crippen LogP contribution in [0.2, 0.25) is 5.02 Å². The Kier molecular flexibility index (Phi) is 4.58. The van der Waals surface area contributed by atoms with Crippen molar-refractivity contribution in [2.45, 2.75) is 32.7 Å². The van der Waals surface area contributed by atoms with Gasteiger partial charge in [-0.05, 0) is 50.6 Å². The lowest BCUT2D eigenvalue weighted by molar-refractivity contribution is 0.270. The van der Waals surface area contributed by atoms with Crippen molar-refractivity contribution in [2.24, 2.45) is 0 Å². The van der Waals surface area contributed by atoms with Crippen molar-refractivity contribution in [2.75, 3.05) is 37.3 Å². The minimum atomic E-state index is 0.645. The predicted octanol–water partition coefficient (Wildman–Crippen LogP) is 3.15. The molecule has 19 heavy (non-hydrogen) atoms. The number of nitrogen functional groups attached to an aromatic ring is 1. The van der Waals surface area contributed by atoms with Gasteiger partial charge in [-0.15, -0.1) is 0 Å². The molecule has 106 valence electrons. The topological polar surface area (TPSA) is 32.5 Å². The first-order valence-electron chi connectivity index (χ1n) is 7.03. The van der Waals surface area contributed by atoms with E-state index in [9.17, 15) is 0 Å². The number of nitrogens with zero attached hydrogens (tertiary/aromatic N) is 2. The number of benzene rings is 1. The van der Waals surface area contributed by atoms with Gasteiger partial charge in [-0.1, -0.05) is 18.5 Å². The van der Waals surface area contributed by atoms with E-state index in [4.69, 9.17) is 17.3 Å². The number of anilines is 2. The van der Waals surface area contributed by atoms with Crippen molar-refractivity contribution in [3.05, 3.63) is 22.7 Å². The lowest BCUT2D eigenvalue weighted by Crippen LogP contribution is -2.38. The minimum absolute atomic E-state index is 0.645. The third-order valence-electron chi connectivity index (χ3n) is 4.12. The molecule has 1 aliphatic heterocycles. The summed E-state index contributed by atoms with van der Waals surface area (Å²) in [6.45, 7) is 7.75. The van der Waals surface area contributed by atoms with Crippen LogP contribution in [0.25, 0.3) is 0 Å². The highest BCUT2D eigenvalue weighted by Gasteiger charge is 2.24. The molecular formula is C15H24ClN3. The van der Waals surface area contributed by atoms with Crippen LogP contribution >= 0.6 is 11.6 Å². The summed E-state index contributed by atoms with van der Waals surface area (Å²) >= 11 is 6.14. The summed E-state index contributed by atoms with van der Waals surface area (Å²) in [6.07, 6.45) is 2.60. The minimum Gasteiger partial charge on any atom is -0.398 e. The van der Waals surface area contributed by atoms with Gasteiger partial charge in [-0.2, -0.15) is 0 Å². The number of likely N-dealkylation sites (tertiary alicyclic amines) is 1. The highest BCUT2D eigenvalue weighted by molar-refractivity contribution is 6.33. The molecule has 1 saturated heterocycles. The first kappa shape index (κ1) is 14.5. The molecule has 1 heterocycles. The molecule has 1 aromatic rings. The fourth-order valence-electron chi connectivity index (χ4n) is 3.04.